The van der Waals surface area contributed by atoms with Gasteiger partial charge in [0.15, 0.2) is 0 Å². The number of rotatable bonds is 5. The zero-order valence-corrected chi connectivity index (χ0v) is 12.5. The Labute approximate surface area is 122 Å². The molecule has 3 heterocycles. The second-order valence-corrected chi connectivity index (χ2v) is 5.90. The highest BCUT2D eigenvalue weighted by Gasteiger charge is 2.29. The van der Waals surface area contributed by atoms with Gasteiger partial charge in [-0.15, -0.1) is 0 Å². The summed E-state index contributed by atoms with van der Waals surface area (Å²) in [5.41, 5.74) is 1.15. The molecule has 2 fully saturated rings. The molecular formula is C16H26N4. The third-order valence-electron chi connectivity index (χ3n) is 4.49. The van der Waals surface area contributed by atoms with Gasteiger partial charge in [0.1, 0.15) is 5.82 Å². The maximum atomic E-state index is 4.80. The Bertz CT molecular complexity index is 428. The zero-order valence-electron chi connectivity index (χ0n) is 12.5. The van der Waals surface area contributed by atoms with Crippen molar-refractivity contribution < 1.29 is 0 Å². The molecule has 0 aliphatic carbocycles. The summed E-state index contributed by atoms with van der Waals surface area (Å²) in [6.45, 7) is 8.89. The lowest BCUT2D eigenvalue weighted by Crippen LogP contribution is -2.35. The normalized spacial score (nSPS) is 23.6. The predicted octanol–water partition coefficient (Wildman–Crippen LogP) is 1.87. The van der Waals surface area contributed by atoms with Crippen LogP contribution in [0, 0.1) is 0 Å². The number of aromatic nitrogens is 1. The average molecular weight is 274 g/mol. The SMILES string of the molecule is CCNCc1cccc(N2CCC(N3CCCC3)C2)n1. The van der Waals surface area contributed by atoms with Gasteiger partial charge in [0.05, 0.1) is 5.69 Å². The molecule has 4 nitrogen and oxygen atoms in total. The summed E-state index contributed by atoms with van der Waals surface area (Å²) in [5, 5.41) is 3.35. The van der Waals surface area contributed by atoms with Crippen molar-refractivity contribution in [3.05, 3.63) is 23.9 Å². The molecule has 1 aromatic rings. The fraction of sp³-hybridized carbons (Fsp3) is 0.688. The van der Waals surface area contributed by atoms with Crippen LogP contribution in [-0.4, -0.2) is 48.6 Å². The summed E-state index contributed by atoms with van der Waals surface area (Å²) in [4.78, 5) is 9.92. The third kappa shape index (κ3) is 3.13. The number of likely N-dealkylation sites (tertiary alicyclic amines) is 1. The minimum atomic E-state index is 0.747. The molecule has 3 rings (SSSR count). The van der Waals surface area contributed by atoms with Gasteiger partial charge in [0.25, 0.3) is 0 Å². The molecule has 2 saturated heterocycles. The zero-order chi connectivity index (χ0) is 13.8. The molecule has 0 bridgehead atoms. The summed E-state index contributed by atoms with van der Waals surface area (Å²) in [6.07, 6.45) is 4.05. The Balaban J connectivity index is 1.61. The standard InChI is InChI=1S/C16H26N4/c1-2-17-12-14-6-5-7-16(18-14)20-11-8-15(13-20)19-9-3-4-10-19/h5-7,15,17H,2-4,8-13H2,1H3. The van der Waals surface area contributed by atoms with Gasteiger partial charge in [-0.1, -0.05) is 13.0 Å². The highest BCUT2D eigenvalue weighted by atomic mass is 15.3. The molecular weight excluding hydrogens is 248 g/mol. The van der Waals surface area contributed by atoms with Crippen molar-refractivity contribution in [1.82, 2.24) is 15.2 Å². The van der Waals surface area contributed by atoms with Crippen molar-refractivity contribution in [3.8, 4) is 0 Å². The lowest BCUT2D eigenvalue weighted by molar-refractivity contribution is 0.260. The number of pyridine rings is 1. The van der Waals surface area contributed by atoms with Crippen LogP contribution in [0.3, 0.4) is 0 Å². The summed E-state index contributed by atoms with van der Waals surface area (Å²) >= 11 is 0. The summed E-state index contributed by atoms with van der Waals surface area (Å²) in [7, 11) is 0. The van der Waals surface area contributed by atoms with Crippen LogP contribution in [0.2, 0.25) is 0 Å². The summed E-state index contributed by atoms with van der Waals surface area (Å²) < 4.78 is 0. The van der Waals surface area contributed by atoms with Crippen LogP contribution in [0.5, 0.6) is 0 Å². The van der Waals surface area contributed by atoms with Gasteiger partial charge in [0.2, 0.25) is 0 Å². The Morgan fingerprint density at radius 2 is 2.10 bits per heavy atom. The van der Waals surface area contributed by atoms with E-state index in [1.165, 1.54) is 32.4 Å². The molecule has 20 heavy (non-hydrogen) atoms. The van der Waals surface area contributed by atoms with Gasteiger partial charge in [-0.2, -0.15) is 0 Å². The smallest absolute Gasteiger partial charge is 0.128 e. The van der Waals surface area contributed by atoms with E-state index in [-0.39, 0.29) is 0 Å². The van der Waals surface area contributed by atoms with E-state index < -0.39 is 0 Å². The second-order valence-electron chi connectivity index (χ2n) is 5.90. The highest BCUT2D eigenvalue weighted by Crippen LogP contribution is 2.24. The van der Waals surface area contributed by atoms with Crippen molar-refractivity contribution in [2.75, 3.05) is 37.6 Å². The van der Waals surface area contributed by atoms with Crippen LogP contribution in [0.15, 0.2) is 18.2 Å². The number of nitrogens with zero attached hydrogens (tertiary/aromatic N) is 3. The van der Waals surface area contributed by atoms with Crippen LogP contribution >= 0.6 is 0 Å². The van der Waals surface area contributed by atoms with E-state index in [0.717, 1.165) is 43.7 Å². The molecule has 0 aromatic carbocycles. The average Bonchev–Trinajstić information content (AvgIpc) is 3.15. The molecule has 110 valence electrons. The van der Waals surface area contributed by atoms with Crippen LogP contribution < -0.4 is 10.2 Å². The number of anilines is 1. The molecule has 2 aliphatic rings. The minimum absolute atomic E-state index is 0.747. The van der Waals surface area contributed by atoms with Gasteiger partial charge in [-0.05, 0) is 51.0 Å². The molecule has 0 amide bonds. The Morgan fingerprint density at radius 1 is 1.25 bits per heavy atom. The Hall–Kier alpha value is -1.13. The van der Waals surface area contributed by atoms with E-state index >= 15 is 0 Å². The molecule has 0 radical (unpaired) electrons. The molecule has 1 unspecified atom stereocenters. The first-order valence-corrected chi connectivity index (χ1v) is 8.02. The summed E-state index contributed by atoms with van der Waals surface area (Å²) in [6, 6.07) is 7.15. The Morgan fingerprint density at radius 3 is 2.90 bits per heavy atom. The molecule has 2 aliphatic heterocycles. The highest BCUT2D eigenvalue weighted by molar-refractivity contribution is 5.41. The van der Waals surface area contributed by atoms with Gasteiger partial charge < -0.3 is 10.2 Å². The first-order chi connectivity index (χ1) is 9.86. The fourth-order valence-corrected chi connectivity index (χ4v) is 3.35. The Kier molecular flexibility index (Phi) is 4.53. The number of nitrogens with one attached hydrogen (secondary N) is 1. The first-order valence-electron chi connectivity index (χ1n) is 8.02. The fourth-order valence-electron chi connectivity index (χ4n) is 3.35. The third-order valence-corrected chi connectivity index (χ3v) is 4.49. The van der Waals surface area contributed by atoms with E-state index in [1.807, 2.05) is 0 Å². The molecule has 1 N–H and O–H groups in total. The minimum Gasteiger partial charge on any atom is -0.355 e. The van der Waals surface area contributed by atoms with Crippen molar-refractivity contribution in [3.63, 3.8) is 0 Å². The predicted molar refractivity (Wildman–Crippen MR) is 83.0 cm³/mol. The number of hydrogen-bond donors (Lipinski definition) is 1. The number of hydrogen-bond acceptors (Lipinski definition) is 4. The van der Waals surface area contributed by atoms with Crippen LogP contribution in [0.25, 0.3) is 0 Å². The topological polar surface area (TPSA) is 31.4 Å². The van der Waals surface area contributed by atoms with Crippen LogP contribution in [-0.2, 0) is 6.54 Å². The molecule has 1 atom stereocenters. The second kappa shape index (κ2) is 6.55. The van der Waals surface area contributed by atoms with Crippen LogP contribution in [0.4, 0.5) is 5.82 Å². The monoisotopic (exact) mass is 274 g/mol. The van der Waals surface area contributed by atoms with E-state index in [1.54, 1.807) is 0 Å². The van der Waals surface area contributed by atoms with Gasteiger partial charge in [-0.3, -0.25) is 4.90 Å². The van der Waals surface area contributed by atoms with E-state index in [4.69, 9.17) is 4.98 Å². The maximum Gasteiger partial charge on any atom is 0.128 e. The van der Waals surface area contributed by atoms with E-state index in [0.29, 0.717) is 0 Å². The molecule has 1 aromatic heterocycles. The van der Waals surface area contributed by atoms with Crippen molar-refractivity contribution in [2.45, 2.75) is 38.8 Å². The lowest BCUT2D eigenvalue weighted by Gasteiger charge is -2.24. The molecule has 4 heteroatoms. The molecule has 0 spiro atoms. The maximum absolute atomic E-state index is 4.80. The largest absolute Gasteiger partial charge is 0.355 e. The molecule has 0 saturated carbocycles. The van der Waals surface area contributed by atoms with Crippen molar-refractivity contribution in [1.29, 1.82) is 0 Å². The van der Waals surface area contributed by atoms with E-state index in [9.17, 15) is 0 Å². The lowest BCUT2D eigenvalue weighted by atomic mass is 10.2. The first kappa shape index (κ1) is 13.8. The van der Waals surface area contributed by atoms with Gasteiger partial charge >= 0.3 is 0 Å². The van der Waals surface area contributed by atoms with Crippen molar-refractivity contribution in [2.24, 2.45) is 0 Å². The van der Waals surface area contributed by atoms with Crippen LogP contribution in [0.1, 0.15) is 31.9 Å². The summed E-state index contributed by atoms with van der Waals surface area (Å²) in [5.74, 6) is 1.15. The van der Waals surface area contributed by atoms with Gasteiger partial charge in [-0.25, -0.2) is 4.98 Å². The van der Waals surface area contributed by atoms with Crippen molar-refractivity contribution >= 4 is 5.82 Å². The van der Waals surface area contributed by atoms with Gasteiger partial charge in [0, 0.05) is 25.7 Å². The van der Waals surface area contributed by atoms with E-state index in [2.05, 4.69) is 40.2 Å². The quantitative estimate of drug-likeness (QED) is 0.888.